The molecule has 2 aromatic rings. The second-order valence-corrected chi connectivity index (χ2v) is 11.3. The van der Waals surface area contributed by atoms with Gasteiger partial charge in [-0.15, -0.1) is 0 Å². The normalized spacial score (nSPS) is 20.9. The van der Waals surface area contributed by atoms with E-state index in [9.17, 15) is 13.2 Å². The summed E-state index contributed by atoms with van der Waals surface area (Å²) in [5, 5.41) is 3.80. The molecule has 186 valence electrons. The van der Waals surface area contributed by atoms with E-state index in [1.165, 1.54) is 9.87 Å². The second-order valence-electron chi connectivity index (χ2n) is 9.47. The van der Waals surface area contributed by atoms with Crippen molar-refractivity contribution in [3.05, 3.63) is 47.3 Å². The Balaban J connectivity index is 1.31. The molecule has 2 saturated heterocycles. The van der Waals surface area contributed by atoms with Crippen molar-refractivity contribution in [2.45, 2.75) is 50.8 Å². The van der Waals surface area contributed by atoms with Gasteiger partial charge in [-0.1, -0.05) is 35.5 Å². The first-order valence-corrected chi connectivity index (χ1v) is 13.8. The Morgan fingerprint density at radius 2 is 1.85 bits per heavy atom. The molecule has 0 aliphatic carbocycles. The Kier molecular flexibility index (Phi) is 8.06. The third-order valence-electron chi connectivity index (χ3n) is 6.98. The number of aryl methyl sites for hydroxylation is 3. The van der Waals surface area contributed by atoms with Gasteiger partial charge in [0.1, 0.15) is 10.6 Å². The average molecular weight is 489 g/mol. The Labute approximate surface area is 202 Å². The number of hydrogen-bond acceptors (Lipinski definition) is 6. The molecule has 1 amide bonds. The largest absolute Gasteiger partial charge is 0.360 e. The fraction of sp³-hybridized carbons (Fsp3) is 0.600. The van der Waals surface area contributed by atoms with Crippen molar-refractivity contribution in [3.8, 4) is 0 Å². The molecule has 0 bridgehead atoms. The summed E-state index contributed by atoms with van der Waals surface area (Å²) < 4.78 is 33.0. The summed E-state index contributed by atoms with van der Waals surface area (Å²) in [6.45, 7) is 8.24. The highest BCUT2D eigenvalue weighted by Crippen LogP contribution is 2.28. The van der Waals surface area contributed by atoms with Gasteiger partial charge in [0, 0.05) is 32.7 Å². The van der Waals surface area contributed by atoms with E-state index in [0.29, 0.717) is 31.0 Å². The van der Waals surface area contributed by atoms with E-state index < -0.39 is 10.0 Å². The number of aromatic nitrogens is 1. The predicted octanol–water partition coefficient (Wildman–Crippen LogP) is 2.86. The van der Waals surface area contributed by atoms with Crippen LogP contribution < -0.4 is 0 Å². The van der Waals surface area contributed by atoms with E-state index >= 15 is 0 Å². The second kappa shape index (κ2) is 11.0. The van der Waals surface area contributed by atoms with Crippen molar-refractivity contribution in [1.82, 2.24) is 19.3 Å². The number of amides is 1. The van der Waals surface area contributed by atoms with Crippen LogP contribution in [0.5, 0.6) is 0 Å². The third kappa shape index (κ3) is 5.70. The molecule has 9 heteroatoms. The number of carbonyl (C=O) groups is 1. The summed E-state index contributed by atoms with van der Waals surface area (Å²) in [7, 11) is -3.73. The molecule has 4 rings (SSSR count). The highest BCUT2D eigenvalue weighted by Gasteiger charge is 2.37. The molecule has 1 aromatic heterocycles. The summed E-state index contributed by atoms with van der Waals surface area (Å²) in [6, 6.07) is 10.5. The molecule has 0 N–H and O–H groups in total. The van der Waals surface area contributed by atoms with E-state index in [1.807, 2.05) is 11.0 Å². The van der Waals surface area contributed by atoms with Gasteiger partial charge in [0.05, 0.1) is 5.92 Å². The van der Waals surface area contributed by atoms with Crippen LogP contribution in [-0.4, -0.2) is 79.4 Å². The summed E-state index contributed by atoms with van der Waals surface area (Å²) in [4.78, 5) is 17.9. The molecular weight excluding hydrogens is 452 g/mol. The van der Waals surface area contributed by atoms with Gasteiger partial charge in [0.2, 0.25) is 15.9 Å². The van der Waals surface area contributed by atoms with Gasteiger partial charge in [-0.3, -0.25) is 4.79 Å². The van der Waals surface area contributed by atoms with Gasteiger partial charge in [-0.2, -0.15) is 4.31 Å². The number of benzene rings is 1. The molecule has 1 unspecified atom stereocenters. The van der Waals surface area contributed by atoms with Crippen molar-refractivity contribution in [2.24, 2.45) is 5.92 Å². The summed E-state index contributed by atoms with van der Waals surface area (Å²) in [6.07, 6.45) is 4.53. The van der Waals surface area contributed by atoms with E-state index in [4.69, 9.17) is 4.52 Å². The zero-order chi connectivity index (χ0) is 24.1. The molecule has 2 aliphatic heterocycles. The zero-order valence-corrected chi connectivity index (χ0v) is 21.1. The molecule has 0 saturated carbocycles. The standard InChI is InChI=1S/C25H36N4O4S/c1-20-24(21(2)33-26-20)34(31,32)29-16-7-12-23(19-29)25(30)28-15-8-14-27(17-18-28)13-6-11-22-9-4-3-5-10-22/h3-5,9-10,23H,6-8,11-19H2,1-2H3. The third-order valence-corrected chi connectivity index (χ3v) is 9.09. The van der Waals surface area contributed by atoms with Crippen molar-refractivity contribution < 1.29 is 17.7 Å². The number of nitrogens with zero attached hydrogens (tertiary/aromatic N) is 4. The number of piperidine rings is 1. The fourth-order valence-corrected chi connectivity index (χ4v) is 6.97. The summed E-state index contributed by atoms with van der Waals surface area (Å²) in [5.74, 6) is 0.0873. The minimum atomic E-state index is -3.73. The van der Waals surface area contributed by atoms with Crippen LogP contribution in [0.15, 0.2) is 39.8 Å². The molecule has 34 heavy (non-hydrogen) atoms. The van der Waals surface area contributed by atoms with E-state index in [1.54, 1.807) is 13.8 Å². The minimum Gasteiger partial charge on any atom is -0.360 e. The van der Waals surface area contributed by atoms with Crippen molar-refractivity contribution >= 4 is 15.9 Å². The molecule has 1 aromatic carbocycles. The first-order chi connectivity index (χ1) is 16.4. The van der Waals surface area contributed by atoms with Crippen LogP contribution in [0.4, 0.5) is 0 Å². The van der Waals surface area contributed by atoms with Gasteiger partial charge < -0.3 is 14.3 Å². The SMILES string of the molecule is Cc1noc(C)c1S(=O)(=O)N1CCCC(C(=O)N2CCCN(CCCc3ccccc3)CC2)C1. The van der Waals surface area contributed by atoms with Crippen LogP contribution in [-0.2, 0) is 21.2 Å². The fourth-order valence-electron chi connectivity index (χ4n) is 5.16. The average Bonchev–Trinajstić information content (AvgIpc) is 3.04. The topological polar surface area (TPSA) is 87.0 Å². The monoisotopic (exact) mass is 488 g/mol. The molecule has 0 spiro atoms. The van der Waals surface area contributed by atoms with Gasteiger partial charge in [0.25, 0.3) is 0 Å². The number of rotatable bonds is 7. The first-order valence-electron chi connectivity index (χ1n) is 12.3. The van der Waals surface area contributed by atoms with E-state index in [2.05, 4.69) is 34.3 Å². The number of carbonyl (C=O) groups excluding carboxylic acids is 1. The van der Waals surface area contributed by atoms with Gasteiger partial charge in [0.15, 0.2) is 5.76 Å². The van der Waals surface area contributed by atoms with E-state index in [0.717, 1.165) is 51.9 Å². The van der Waals surface area contributed by atoms with Crippen molar-refractivity contribution in [1.29, 1.82) is 0 Å². The maximum absolute atomic E-state index is 13.4. The van der Waals surface area contributed by atoms with Crippen LogP contribution in [0.2, 0.25) is 0 Å². The summed E-state index contributed by atoms with van der Waals surface area (Å²) in [5.41, 5.74) is 1.73. The van der Waals surface area contributed by atoms with Crippen LogP contribution in [0, 0.1) is 19.8 Å². The zero-order valence-electron chi connectivity index (χ0n) is 20.3. The lowest BCUT2D eigenvalue weighted by Crippen LogP contribution is -2.47. The minimum absolute atomic E-state index is 0.0878. The Bertz CT molecular complexity index is 1050. The predicted molar refractivity (Wildman–Crippen MR) is 130 cm³/mol. The molecule has 2 aliphatic rings. The lowest BCUT2D eigenvalue weighted by atomic mass is 9.98. The quantitative estimate of drug-likeness (QED) is 0.596. The Hall–Kier alpha value is -2.23. The van der Waals surface area contributed by atoms with Crippen molar-refractivity contribution in [2.75, 3.05) is 45.8 Å². The molecule has 1 atom stereocenters. The maximum Gasteiger partial charge on any atom is 0.248 e. The Morgan fingerprint density at radius 3 is 2.59 bits per heavy atom. The molecule has 8 nitrogen and oxygen atoms in total. The molecular formula is C25H36N4O4S. The summed E-state index contributed by atoms with van der Waals surface area (Å²) >= 11 is 0. The van der Waals surface area contributed by atoms with Gasteiger partial charge >= 0.3 is 0 Å². The van der Waals surface area contributed by atoms with Crippen LogP contribution >= 0.6 is 0 Å². The molecule has 2 fully saturated rings. The highest BCUT2D eigenvalue weighted by atomic mass is 32.2. The highest BCUT2D eigenvalue weighted by molar-refractivity contribution is 7.89. The number of sulfonamides is 1. The first kappa shape index (κ1) is 24.9. The maximum atomic E-state index is 13.4. The van der Waals surface area contributed by atoms with Gasteiger partial charge in [-0.05, 0) is 64.6 Å². The lowest BCUT2D eigenvalue weighted by molar-refractivity contribution is -0.136. The van der Waals surface area contributed by atoms with Crippen molar-refractivity contribution in [3.63, 3.8) is 0 Å². The smallest absolute Gasteiger partial charge is 0.248 e. The van der Waals surface area contributed by atoms with Gasteiger partial charge in [-0.25, -0.2) is 8.42 Å². The molecule has 0 radical (unpaired) electrons. The van der Waals surface area contributed by atoms with Crippen LogP contribution in [0.1, 0.15) is 42.7 Å². The van der Waals surface area contributed by atoms with E-state index in [-0.39, 0.29) is 23.3 Å². The number of hydrogen-bond donors (Lipinski definition) is 0. The molecule has 3 heterocycles. The van der Waals surface area contributed by atoms with Crippen LogP contribution in [0.3, 0.4) is 0 Å². The lowest BCUT2D eigenvalue weighted by Gasteiger charge is -2.34. The van der Waals surface area contributed by atoms with Crippen LogP contribution in [0.25, 0.3) is 0 Å². The Morgan fingerprint density at radius 1 is 1.06 bits per heavy atom.